The van der Waals surface area contributed by atoms with Gasteiger partial charge in [0.25, 0.3) is 0 Å². The highest BCUT2D eigenvalue weighted by atomic mass is 16.5. The van der Waals surface area contributed by atoms with Crippen LogP contribution in [0.15, 0.2) is 77.5 Å². The average molecular weight is 381 g/mol. The van der Waals surface area contributed by atoms with Crippen LogP contribution < -0.4 is 0 Å². The summed E-state index contributed by atoms with van der Waals surface area (Å²) in [5.74, 6) is 1.41. The zero-order chi connectivity index (χ0) is 19.6. The molecule has 0 aliphatic carbocycles. The van der Waals surface area contributed by atoms with Gasteiger partial charge in [0, 0.05) is 17.7 Å². The van der Waals surface area contributed by atoms with E-state index in [9.17, 15) is 5.26 Å². The van der Waals surface area contributed by atoms with Crippen molar-refractivity contribution in [2.24, 2.45) is 0 Å². The smallest absolute Gasteiger partial charge is 0.153 e. The molecule has 1 fully saturated rings. The van der Waals surface area contributed by atoms with Gasteiger partial charge in [0.05, 0.1) is 36.3 Å². The van der Waals surface area contributed by atoms with E-state index in [1.54, 1.807) is 6.07 Å². The Morgan fingerprint density at radius 3 is 2.55 bits per heavy atom. The quantitative estimate of drug-likeness (QED) is 0.480. The minimum Gasteiger partial charge on any atom is -0.454 e. The summed E-state index contributed by atoms with van der Waals surface area (Å²) in [6.07, 6.45) is 2.82. The average Bonchev–Trinajstić information content (AvgIpc) is 3.54. The molecule has 0 bridgehead atoms. The molecule has 0 N–H and O–H groups in total. The molecule has 1 aliphatic rings. The Morgan fingerprint density at radius 1 is 0.966 bits per heavy atom. The van der Waals surface area contributed by atoms with Crippen LogP contribution >= 0.6 is 0 Å². The van der Waals surface area contributed by atoms with Crippen LogP contribution in [0.4, 0.5) is 0 Å². The van der Waals surface area contributed by atoms with E-state index in [-0.39, 0.29) is 6.04 Å². The summed E-state index contributed by atoms with van der Waals surface area (Å²) in [6.45, 7) is 1.42. The Hall–Kier alpha value is -3.62. The lowest BCUT2D eigenvalue weighted by atomic mass is 10.1. The fourth-order valence-corrected chi connectivity index (χ4v) is 3.84. The van der Waals surface area contributed by atoms with Crippen LogP contribution in [0.3, 0.4) is 0 Å². The second kappa shape index (κ2) is 7.42. The van der Waals surface area contributed by atoms with Crippen LogP contribution in [0.1, 0.15) is 18.0 Å². The third kappa shape index (κ3) is 3.14. The Labute approximate surface area is 168 Å². The number of hydrogen-bond donors (Lipinski definition) is 0. The normalized spacial score (nSPS) is 16.0. The molecule has 1 atom stereocenters. The molecule has 2 aromatic carbocycles. The molecule has 2 aromatic heterocycles. The standard InChI is InChI=1S/C24H19N3O2/c25-14-18-8-4-5-9-20(18)21-10-11-22(29-21)24-23(17-6-2-1-3-7-17)26-16-27(24)19-12-13-28-15-19/h1-11,16,19H,12-13,15H2/t19-/m0/s1. The molecule has 0 radical (unpaired) electrons. The molecule has 142 valence electrons. The lowest BCUT2D eigenvalue weighted by Crippen LogP contribution is -2.08. The number of rotatable bonds is 4. The van der Waals surface area contributed by atoms with Gasteiger partial charge >= 0.3 is 0 Å². The Balaban J connectivity index is 1.65. The van der Waals surface area contributed by atoms with Gasteiger partial charge in [-0.3, -0.25) is 0 Å². The van der Waals surface area contributed by atoms with Crippen LogP contribution in [0.5, 0.6) is 0 Å². The predicted molar refractivity (Wildman–Crippen MR) is 110 cm³/mol. The zero-order valence-corrected chi connectivity index (χ0v) is 15.8. The molecule has 1 saturated heterocycles. The summed E-state index contributed by atoms with van der Waals surface area (Å²) < 4.78 is 14.0. The maximum Gasteiger partial charge on any atom is 0.153 e. The number of benzene rings is 2. The highest BCUT2D eigenvalue weighted by molar-refractivity contribution is 5.78. The van der Waals surface area contributed by atoms with E-state index in [0.717, 1.165) is 41.3 Å². The Morgan fingerprint density at radius 2 is 1.76 bits per heavy atom. The first kappa shape index (κ1) is 17.5. The van der Waals surface area contributed by atoms with E-state index >= 15 is 0 Å². The van der Waals surface area contributed by atoms with Gasteiger partial charge in [-0.25, -0.2) is 4.98 Å². The molecule has 0 unspecified atom stereocenters. The molecule has 0 amide bonds. The van der Waals surface area contributed by atoms with Crippen LogP contribution in [-0.4, -0.2) is 22.8 Å². The maximum absolute atomic E-state index is 9.43. The molecule has 29 heavy (non-hydrogen) atoms. The van der Waals surface area contributed by atoms with Crippen LogP contribution in [-0.2, 0) is 4.74 Å². The fourth-order valence-electron chi connectivity index (χ4n) is 3.84. The Bertz CT molecular complexity index is 1180. The van der Waals surface area contributed by atoms with Crippen LogP contribution in [0, 0.1) is 11.3 Å². The summed E-state index contributed by atoms with van der Waals surface area (Å²) in [6, 6.07) is 23.9. The molecule has 5 nitrogen and oxygen atoms in total. The van der Waals surface area contributed by atoms with E-state index in [1.807, 2.05) is 54.9 Å². The van der Waals surface area contributed by atoms with Gasteiger partial charge in [-0.05, 0) is 30.7 Å². The zero-order valence-electron chi connectivity index (χ0n) is 15.8. The summed E-state index contributed by atoms with van der Waals surface area (Å²) in [7, 11) is 0. The van der Waals surface area contributed by atoms with Crippen LogP contribution in [0.2, 0.25) is 0 Å². The van der Waals surface area contributed by atoms with Crippen molar-refractivity contribution in [3.63, 3.8) is 0 Å². The molecule has 5 rings (SSSR count). The molecular formula is C24H19N3O2. The number of ether oxygens (including phenoxy) is 1. The molecule has 1 aliphatic heterocycles. The van der Waals surface area contributed by atoms with Crippen molar-refractivity contribution in [3.8, 4) is 40.1 Å². The lowest BCUT2D eigenvalue weighted by Gasteiger charge is -2.14. The number of aromatic nitrogens is 2. The molecular weight excluding hydrogens is 362 g/mol. The second-order valence-corrected chi connectivity index (χ2v) is 7.05. The number of imidazole rings is 1. The van der Waals surface area contributed by atoms with Gasteiger partial charge < -0.3 is 13.7 Å². The molecule has 0 saturated carbocycles. The van der Waals surface area contributed by atoms with Crippen molar-refractivity contribution in [2.75, 3.05) is 13.2 Å². The first-order valence-corrected chi connectivity index (χ1v) is 9.65. The largest absolute Gasteiger partial charge is 0.454 e. The van der Waals surface area contributed by atoms with Crippen molar-refractivity contribution in [3.05, 3.63) is 78.6 Å². The second-order valence-electron chi connectivity index (χ2n) is 7.05. The third-order valence-corrected chi connectivity index (χ3v) is 5.29. The minimum absolute atomic E-state index is 0.231. The maximum atomic E-state index is 9.43. The van der Waals surface area contributed by atoms with Gasteiger partial charge in [0.2, 0.25) is 0 Å². The van der Waals surface area contributed by atoms with E-state index in [2.05, 4.69) is 22.8 Å². The summed E-state index contributed by atoms with van der Waals surface area (Å²) in [5.41, 5.74) is 4.24. The van der Waals surface area contributed by atoms with Crippen molar-refractivity contribution < 1.29 is 9.15 Å². The monoisotopic (exact) mass is 381 g/mol. The van der Waals surface area contributed by atoms with Gasteiger partial charge in [-0.15, -0.1) is 0 Å². The Kier molecular flexibility index (Phi) is 4.47. The predicted octanol–water partition coefficient (Wildman–Crippen LogP) is 5.31. The highest BCUT2D eigenvalue weighted by Gasteiger charge is 2.25. The van der Waals surface area contributed by atoms with Gasteiger partial charge in [-0.1, -0.05) is 42.5 Å². The highest BCUT2D eigenvalue weighted by Crippen LogP contribution is 2.38. The van der Waals surface area contributed by atoms with E-state index < -0.39 is 0 Å². The summed E-state index contributed by atoms with van der Waals surface area (Å²) in [4.78, 5) is 4.72. The molecule has 0 spiro atoms. The number of nitriles is 1. The van der Waals surface area contributed by atoms with Crippen molar-refractivity contribution in [1.29, 1.82) is 5.26 Å². The van der Waals surface area contributed by atoms with Gasteiger partial charge in [0.1, 0.15) is 11.5 Å². The van der Waals surface area contributed by atoms with Gasteiger partial charge in [0.15, 0.2) is 5.76 Å². The summed E-state index contributed by atoms with van der Waals surface area (Å²) >= 11 is 0. The SMILES string of the molecule is N#Cc1ccccc1-c1ccc(-c2c(-c3ccccc3)ncn2[C@H]2CCOC2)o1. The summed E-state index contributed by atoms with van der Waals surface area (Å²) in [5, 5.41) is 9.43. The first-order chi connectivity index (χ1) is 14.3. The number of furan rings is 1. The van der Waals surface area contributed by atoms with E-state index in [4.69, 9.17) is 14.1 Å². The first-order valence-electron chi connectivity index (χ1n) is 9.65. The van der Waals surface area contributed by atoms with Crippen LogP contribution in [0.25, 0.3) is 34.0 Å². The van der Waals surface area contributed by atoms with Crippen molar-refractivity contribution >= 4 is 0 Å². The molecule has 5 heteroatoms. The van der Waals surface area contributed by atoms with Crippen molar-refractivity contribution in [2.45, 2.75) is 12.5 Å². The topological polar surface area (TPSA) is 64.0 Å². The van der Waals surface area contributed by atoms with Gasteiger partial charge in [-0.2, -0.15) is 5.26 Å². The molecule has 3 heterocycles. The van der Waals surface area contributed by atoms with E-state index in [1.165, 1.54) is 0 Å². The van der Waals surface area contributed by atoms with E-state index in [0.29, 0.717) is 17.9 Å². The lowest BCUT2D eigenvalue weighted by molar-refractivity contribution is 0.186. The van der Waals surface area contributed by atoms with Crippen molar-refractivity contribution in [1.82, 2.24) is 9.55 Å². The third-order valence-electron chi connectivity index (χ3n) is 5.29. The molecule has 4 aromatic rings. The number of hydrogen-bond acceptors (Lipinski definition) is 4. The minimum atomic E-state index is 0.231. The fraction of sp³-hybridized carbons (Fsp3) is 0.167. The number of nitrogens with zero attached hydrogens (tertiary/aromatic N) is 3.